The van der Waals surface area contributed by atoms with Gasteiger partial charge in [0, 0.05) is 12.2 Å². The van der Waals surface area contributed by atoms with Gasteiger partial charge in [-0.15, -0.1) is 0 Å². The molecule has 0 radical (unpaired) electrons. The van der Waals surface area contributed by atoms with E-state index in [2.05, 4.69) is 10.6 Å². The summed E-state index contributed by atoms with van der Waals surface area (Å²) in [6, 6.07) is 5.54. The van der Waals surface area contributed by atoms with E-state index in [1.54, 1.807) is 0 Å². The maximum Gasteiger partial charge on any atom is 0.245 e. The van der Waals surface area contributed by atoms with Crippen molar-refractivity contribution in [2.75, 3.05) is 11.9 Å². The zero-order chi connectivity index (χ0) is 11.5. The normalized spacial score (nSPS) is 13.2. The molecular formula is C11H12N2O3. The van der Waals surface area contributed by atoms with Crippen LogP contribution in [-0.2, 0) is 22.6 Å². The van der Waals surface area contributed by atoms with Crippen LogP contribution in [-0.4, -0.2) is 23.5 Å². The fraction of sp³-hybridized carbons (Fsp3) is 0.273. The van der Waals surface area contributed by atoms with Crippen molar-refractivity contribution in [3.63, 3.8) is 0 Å². The number of hydrogen-bond donors (Lipinski definition) is 3. The van der Waals surface area contributed by atoms with Crippen LogP contribution in [0.1, 0.15) is 11.1 Å². The summed E-state index contributed by atoms with van der Waals surface area (Å²) in [4.78, 5) is 22.0. The molecule has 1 aromatic rings. The molecule has 2 amide bonds. The lowest BCUT2D eigenvalue weighted by molar-refractivity contribution is -0.124. The van der Waals surface area contributed by atoms with E-state index in [0.717, 1.165) is 16.8 Å². The SMILES string of the molecule is O=C(CO)NCc1ccc2c(c1)CC(=O)N2. The van der Waals surface area contributed by atoms with Crippen LogP contribution >= 0.6 is 0 Å². The quantitative estimate of drug-likeness (QED) is 0.659. The van der Waals surface area contributed by atoms with Crippen LogP contribution in [0.2, 0.25) is 0 Å². The number of carbonyl (C=O) groups is 2. The van der Waals surface area contributed by atoms with Crippen LogP contribution in [0.25, 0.3) is 0 Å². The lowest BCUT2D eigenvalue weighted by Gasteiger charge is -2.05. The van der Waals surface area contributed by atoms with E-state index in [4.69, 9.17) is 5.11 Å². The van der Waals surface area contributed by atoms with Gasteiger partial charge in [-0.1, -0.05) is 12.1 Å². The van der Waals surface area contributed by atoms with Gasteiger partial charge in [0.2, 0.25) is 11.8 Å². The number of anilines is 1. The number of benzene rings is 1. The second kappa shape index (κ2) is 4.32. The Kier molecular flexibility index (Phi) is 2.87. The van der Waals surface area contributed by atoms with Crippen LogP contribution in [0.5, 0.6) is 0 Å². The molecule has 0 saturated carbocycles. The van der Waals surface area contributed by atoms with E-state index in [-0.39, 0.29) is 5.91 Å². The topological polar surface area (TPSA) is 78.4 Å². The molecule has 0 bridgehead atoms. The van der Waals surface area contributed by atoms with Crippen LogP contribution < -0.4 is 10.6 Å². The minimum atomic E-state index is -0.509. The van der Waals surface area contributed by atoms with Gasteiger partial charge in [0.25, 0.3) is 0 Å². The third-order valence-corrected chi connectivity index (χ3v) is 2.43. The number of aliphatic hydroxyl groups excluding tert-OH is 1. The van der Waals surface area contributed by atoms with Crippen molar-refractivity contribution in [2.45, 2.75) is 13.0 Å². The highest BCUT2D eigenvalue weighted by atomic mass is 16.3. The van der Waals surface area contributed by atoms with Crippen LogP contribution in [0.3, 0.4) is 0 Å². The lowest BCUT2D eigenvalue weighted by Crippen LogP contribution is -2.25. The summed E-state index contributed by atoms with van der Waals surface area (Å²) in [5.41, 5.74) is 2.69. The van der Waals surface area contributed by atoms with Crippen molar-refractivity contribution >= 4 is 17.5 Å². The Hall–Kier alpha value is -1.88. The molecule has 0 atom stereocenters. The number of rotatable bonds is 3. The van der Waals surface area contributed by atoms with Gasteiger partial charge in [-0.3, -0.25) is 9.59 Å². The molecule has 0 saturated heterocycles. The first kappa shape index (κ1) is 10.6. The molecule has 0 unspecified atom stereocenters. The summed E-state index contributed by atoms with van der Waals surface area (Å²) in [6.45, 7) is -0.147. The van der Waals surface area contributed by atoms with E-state index < -0.39 is 12.5 Å². The fourth-order valence-corrected chi connectivity index (χ4v) is 1.65. The van der Waals surface area contributed by atoms with Crippen molar-refractivity contribution in [3.05, 3.63) is 29.3 Å². The molecule has 2 rings (SSSR count). The van der Waals surface area contributed by atoms with Crippen molar-refractivity contribution < 1.29 is 14.7 Å². The van der Waals surface area contributed by atoms with Crippen molar-refractivity contribution in [1.29, 1.82) is 0 Å². The molecular weight excluding hydrogens is 208 g/mol. The molecule has 0 aliphatic carbocycles. The summed E-state index contributed by atoms with van der Waals surface area (Å²) in [5, 5.41) is 13.8. The summed E-state index contributed by atoms with van der Waals surface area (Å²) in [6.07, 6.45) is 0.386. The van der Waals surface area contributed by atoms with Crippen molar-refractivity contribution in [1.82, 2.24) is 5.32 Å². The molecule has 0 aromatic heterocycles. The highest BCUT2D eigenvalue weighted by molar-refractivity contribution is 5.99. The average Bonchev–Trinajstić information content (AvgIpc) is 2.65. The first-order chi connectivity index (χ1) is 7.69. The number of carbonyl (C=O) groups excluding carboxylic acids is 2. The summed E-state index contributed by atoms with van der Waals surface area (Å²) < 4.78 is 0. The Balaban J connectivity index is 2.05. The minimum Gasteiger partial charge on any atom is -0.387 e. The second-order valence-corrected chi connectivity index (χ2v) is 3.65. The van der Waals surface area contributed by atoms with Gasteiger partial charge < -0.3 is 15.7 Å². The third kappa shape index (κ3) is 2.20. The molecule has 16 heavy (non-hydrogen) atoms. The highest BCUT2D eigenvalue weighted by Crippen LogP contribution is 2.23. The first-order valence-corrected chi connectivity index (χ1v) is 4.98. The molecule has 0 fully saturated rings. The zero-order valence-electron chi connectivity index (χ0n) is 8.62. The molecule has 5 heteroatoms. The standard InChI is InChI=1S/C11H12N2O3/c14-6-11(16)12-5-7-1-2-9-8(3-7)4-10(15)13-9/h1-3,14H,4-6H2,(H,12,16)(H,13,15). The maximum absolute atomic E-state index is 11.1. The summed E-state index contributed by atoms with van der Waals surface area (Å²) in [7, 11) is 0. The number of fused-ring (bicyclic) bond motifs is 1. The predicted octanol–water partition coefficient (Wildman–Crippen LogP) is -0.210. The Morgan fingerprint density at radius 1 is 1.50 bits per heavy atom. The van der Waals surface area contributed by atoms with E-state index in [9.17, 15) is 9.59 Å². The minimum absolute atomic E-state index is 0.00783. The second-order valence-electron chi connectivity index (χ2n) is 3.65. The van der Waals surface area contributed by atoms with E-state index >= 15 is 0 Å². The Morgan fingerprint density at radius 3 is 3.06 bits per heavy atom. The molecule has 1 aliphatic heterocycles. The summed E-state index contributed by atoms with van der Waals surface area (Å²) >= 11 is 0. The molecule has 1 aliphatic rings. The Labute approximate surface area is 92.5 Å². The zero-order valence-corrected chi connectivity index (χ0v) is 8.62. The number of hydrogen-bond acceptors (Lipinski definition) is 3. The monoisotopic (exact) mass is 220 g/mol. The third-order valence-electron chi connectivity index (χ3n) is 2.43. The van der Waals surface area contributed by atoms with Gasteiger partial charge in [0.15, 0.2) is 0 Å². The van der Waals surface area contributed by atoms with Crippen LogP contribution in [0.15, 0.2) is 18.2 Å². The number of amides is 2. The number of aliphatic hydroxyl groups is 1. The molecule has 3 N–H and O–H groups in total. The molecule has 5 nitrogen and oxygen atoms in total. The number of nitrogens with one attached hydrogen (secondary N) is 2. The molecule has 1 aromatic carbocycles. The fourth-order valence-electron chi connectivity index (χ4n) is 1.65. The average molecular weight is 220 g/mol. The molecule has 1 heterocycles. The summed E-state index contributed by atoms with van der Waals surface area (Å²) in [5.74, 6) is -0.416. The lowest BCUT2D eigenvalue weighted by atomic mass is 10.1. The largest absolute Gasteiger partial charge is 0.387 e. The van der Waals surface area contributed by atoms with Gasteiger partial charge in [0.05, 0.1) is 6.42 Å². The van der Waals surface area contributed by atoms with E-state index in [1.807, 2.05) is 18.2 Å². The highest BCUT2D eigenvalue weighted by Gasteiger charge is 2.17. The van der Waals surface area contributed by atoms with Crippen LogP contribution in [0.4, 0.5) is 5.69 Å². The molecule has 0 spiro atoms. The first-order valence-electron chi connectivity index (χ1n) is 4.98. The predicted molar refractivity (Wildman–Crippen MR) is 57.7 cm³/mol. The van der Waals surface area contributed by atoms with Crippen molar-refractivity contribution in [2.24, 2.45) is 0 Å². The van der Waals surface area contributed by atoms with Crippen LogP contribution in [0, 0.1) is 0 Å². The van der Waals surface area contributed by atoms with E-state index in [1.165, 1.54) is 0 Å². The van der Waals surface area contributed by atoms with Gasteiger partial charge in [-0.05, 0) is 17.2 Å². The van der Waals surface area contributed by atoms with Gasteiger partial charge in [-0.2, -0.15) is 0 Å². The van der Waals surface area contributed by atoms with E-state index in [0.29, 0.717) is 13.0 Å². The molecule has 84 valence electrons. The Bertz CT molecular complexity index is 443. The Morgan fingerprint density at radius 2 is 2.31 bits per heavy atom. The maximum atomic E-state index is 11.1. The smallest absolute Gasteiger partial charge is 0.245 e. The van der Waals surface area contributed by atoms with Gasteiger partial charge in [0.1, 0.15) is 6.61 Å². The van der Waals surface area contributed by atoms with Gasteiger partial charge in [-0.25, -0.2) is 0 Å². The van der Waals surface area contributed by atoms with Crippen molar-refractivity contribution in [3.8, 4) is 0 Å². The van der Waals surface area contributed by atoms with Gasteiger partial charge >= 0.3 is 0 Å².